The summed E-state index contributed by atoms with van der Waals surface area (Å²) in [5.74, 6) is -2.99. The Kier molecular flexibility index (Phi) is 16.4. The number of amides is 4. The smallest absolute Gasteiger partial charge is 0.408 e. The number of nitrogens with one attached hydrogen (secondary N) is 5. The Morgan fingerprint density at radius 1 is 0.887 bits per heavy atom. The van der Waals surface area contributed by atoms with Gasteiger partial charge < -0.3 is 29.6 Å². The van der Waals surface area contributed by atoms with Gasteiger partial charge in [-0.25, -0.2) is 15.7 Å². The predicted molar refractivity (Wildman–Crippen MR) is 190 cm³/mol. The number of nitro groups is 1. The van der Waals surface area contributed by atoms with Gasteiger partial charge in [-0.15, -0.1) is 0 Å². The molecule has 0 radical (unpaired) electrons. The zero-order chi connectivity index (χ0) is 39.9. The molecule has 1 unspecified atom stereocenters. The minimum absolute atomic E-state index is 0.0190. The SMILES string of the molecule is COc1cc(C(C)NNC(=O)[C@H](CC(=O)OC(C)(C)C)NC(=O)[C@@H](Cc2ccccc2)NC(=O)OC(C)(C)C)c([N+](=O)[O-])cc1OCCCC(=O)NO. The first kappa shape index (κ1) is 43.7. The summed E-state index contributed by atoms with van der Waals surface area (Å²) in [4.78, 5) is 75.5. The molecule has 4 amide bonds. The van der Waals surface area contributed by atoms with Gasteiger partial charge in [-0.1, -0.05) is 30.3 Å². The van der Waals surface area contributed by atoms with Crippen LogP contribution in [0.1, 0.15) is 84.9 Å². The van der Waals surface area contributed by atoms with Gasteiger partial charge in [0, 0.05) is 12.8 Å². The molecule has 53 heavy (non-hydrogen) atoms. The van der Waals surface area contributed by atoms with Crippen LogP contribution in [-0.4, -0.2) is 76.9 Å². The van der Waals surface area contributed by atoms with Crippen LogP contribution in [0.15, 0.2) is 42.5 Å². The molecule has 2 aromatic carbocycles. The molecule has 292 valence electrons. The topological polar surface area (TPSA) is 246 Å². The molecule has 2 aromatic rings. The Bertz CT molecular complexity index is 1590. The molecule has 6 N–H and O–H groups in total. The van der Waals surface area contributed by atoms with Crippen LogP contribution in [0.2, 0.25) is 0 Å². The number of carbonyl (C=O) groups is 5. The lowest BCUT2D eigenvalue weighted by Crippen LogP contribution is -2.57. The van der Waals surface area contributed by atoms with E-state index in [0.717, 1.165) is 6.07 Å². The van der Waals surface area contributed by atoms with Gasteiger partial charge in [-0.2, -0.15) is 0 Å². The number of hydrazine groups is 1. The Hall–Kier alpha value is -5.49. The van der Waals surface area contributed by atoms with E-state index in [1.165, 1.54) is 25.6 Å². The molecule has 18 nitrogen and oxygen atoms in total. The maximum absolute atomic E-state index is 13.7. The van der Waals surface area contributed by atoms with E-state index < -0.39 is 76.1 Å². The number of hydroxylamine groups is 1. The number of nitrogens with zero attached hydrogens (tertiary/aromatic N) is 1. The number of benzene rings is 2. The third-order valence-corrected chi connectivity index (χ3v) is 7.03. The van der Waals surface area contributed by atoms with Crippen LogP contribution >= 0.6 is 0 Å². The number of esters is 1. The highest BCUT2D eigenvalue weighted by atomic mass is 16.6. The van der Waals surface area contributed by atoms with E-state index in [-0.39, 0.29) is 42.9 Å². The minimum Gasteiger partial charge on any atom is -0.493 e. The van der Waals surface area contributed by atoms with Crippen molar-refractivity contribution < 1.29 is 53.1 Å². The second-order valence-corrected chi connectivity index (χ2v) is 13.9. The van der Waals surface area contributed by atoms with Crippen molar-refractivity contribution in [2.75, 3.05) is 13.7 Å². The van der Waals surface area contributed by atoms with Crippen molar-refractivity contribution >= 4 is 35.5 Å². The number of rotatable bonds is 18. The van der Waals surface area contributed by atoms with Crippen LogP contribution in [-0.2, 0) is 35.1 Å². The Labute approximate surface area is 307 Å². The van der Waals surface area contributed by atoms with E-state index in [1.54, 1.807) is 71.9 Å². The molecule has 3 atom stereocenters. The van der Waals surface area contributed by atoms with Crippen molar-refractivity contribution in [2.45, 2.75) is 103 Å². The van der Waals surface area contributed by atoms with Crippen LogP contribution in [0.5, 0.6) is 11.5 Å². The third-order valence-electron chi connectivity index (χ3n) is 7.03. The van der Waals surface area contributed by atoms with Gasteiger partial charge in [-0.05, 0) is 66.5 Å². The van der Waals surface area contributed by atoms with Gasteiger partial charge in [0.25, 0.3) is 11.6 Å². The summed E-state index contributed by atoms with van der Waals surface area (Å²) in [6.45, 7) is 11.4. The fourth-order valence-corrected chi connectivity index (χ4v) is 4.70. The number of hydrogen-bond donors (Lipinski definition) is 6. The zero-order valence-electron chi connectivity index (χ0n) is 31.2. The first-order chi connectivity index (χ1) is 24.7. The van der Waals surface area contributed by atoms with Gasteiger partial charge in [0.05, 0.1) is 42.7 Å². The predicted octanol–water partition coefficient (Wildman–Crippen LogP) is 3.30. The molecule has 0 heterocycles. The van der Waals surface area contributed by atoms with Crippen LogP contribution in [0.3, 0.4) is 0 Å². The summed E-state index contributed by atoms with van der Waals surface area (Å²) in [7, 11) is 1.32. The Balaban J connectivity index is 2.32. The maximum Gasteiger partial charge on any atom is 0.408 e. The molecule has 0 saturated heterocycles. The molecule has 0 fully saturated rings. The number of methoxy groups -OCH3 is 1. The number of nitro benzene ring substituents is 1. The number of hydrogen-bond acceptors (Lipinski definition) is 13. The highest BCUT2D eigenvalue weighted by molar-refractivity contribution is 5.93. The summed E-state index contributed by atoms with van der Waals surface area (Å²) >= 11 is 0. The second-order valence-electron chi connectivity index (χ2n) is 13.9. The number of carbonyl (C=O) groups excluding carboxylic acids is 5. The lowest BCUT2D eigenvalue weighted by molar-refractivity contribution is -0.385. The molecular weight excluding hydrogens is 696 g/mol. The monoisotopic (exact) mass is 746 g/mol. The lowest BCUT2D eigenvalue weighted by atomic mass is 10.0. The fourth-order valence-electron chi connectivity index (χ4n) is 4.70. The summed E-state index contributed by atoms with van der Waals surface area (Å²) < 4.78 is 21.7. The first-order valence-corrected chi connectivity index (χ1v) is 16.8. The normalized spacial score (nSPS) is 13.0. The molecule has 0 aromatic heterocycles. The Morgan fingerprint density at radius 3 is 2.09 bits per heavy atom. The van der Waals surface area contributed by atoms with E-state index in [0.29, 0.717) is 5.56 Å². The van der Waals surface area contributed by atoms with E-state index >= 15 is 0 Å². The third kappa shape index (κ3) is 15.7. The molecule has 0 bridgehead atoms. The standard InChI is InChI=1S/C35H50N6O12/c1-21(23-18-27(50-8)28(20-26(23)41(48)49)51-16-12-15-29(42)40-47)38-39-32(45)25(19-30(43)52-34(2,3)4)36-31(44)24(17-22-13-10-9-11-14-22)37-33(46)53-35(5,6)7/h9-11,13-14,18,20-21,24-25,38,47H,12,15-17,19H2,1-8H3,(H,36,44)(H,37,46)(H,39,45)(H,40,42)/t21?,24-,25+/m1/s1. The minimum atomic E-state index is -1.52. The highest BCUT2D eigenvalue weighted by Gasteiger charge is 2.32. The van der Waals surface area contributed by atoms with Gasteiger partial charge in [-0.3, -0.25) is 39.9 Å². The van der Waals surface area contributed by atoms with Crippen LogP contribution < -0.4 is 36.4 Å². The second kappa shape index (κ2) is 19.9. The molecule has 0 aliphatic rings. The molecule has 2 rings (SSSR count). The highest BCUT2D eigenvalue weighted by Crippen LogP contribution is 2.37. The number of alkyl carbamates (subject to hydrolysis) is 1. The van der Waals surface area contributed by atoms with Gasteiger partial charge in [0.2, 0.25) is 11.8 Å². The Morgan fingerprint density at radius 2 is 1.53 bits per heavy atom. The van der Waals surface area contributed by atoms with Crippen molar-refractivity contribution in [3.05, 3.63) is 63.7 Å². The van der Waals surface area contributed by atoms with E-state index in [2.05, 4.69) is 21.5 Å². The maximum atomic E-state index is 13.7. The van der Waals surface area contributed by atoms with Crippen molar-refractivity contribution in [2.24, 2.45) is 0 Å². The van der Waals surface area contributed by atoms with Crippen LogP contribution in [0.25, 0.3) is 0 Å². The van der Waals surface area contributed by atoms with Crippen LogP contribution in [0, 0.1) is 10.1 Å². The van der Waals surface area contributed by atoms with Crippen molar-refractivity contribution in [1.29, 1.82) is 0 Å². The van der Waals surface area contributed by atoms with E-state index in [1.807, 2.05) is 0 Å². The largest absolute Gasteiger partial charge is 0.493 e. The summed E-state index contributed by atoms with van der Waals surface area (Å²) in [5.41, 5.74) is 5.19. The van der Waals surface area contributed by atoms with E-state index in [9.17, 15) is 34.1 Å². The first-order valence-electron chi connectivity index (χ1n) is 16.8. The van der Waals surface area contributed by atoms with Gasteiger partial charge >= 0.3 is 12.1 Å². The summed E-state index contributed by atoms with van der Waals surface area (Å²) in [5, 5.41) is 25.8. The zero-order valence-corrected chi connectivity index (χ0v) is 31.2. The molecule has 0 saturated carbocycles. The fraction of sp³-hybridized carbons (Fsp3) is 0.514. The quantitative estimate of drug-likeness (QED) is 0.0422. The molecular formula is C35H50N6O12. The molecule has 0 spiro atoms. The molecule has 0 aliphatic carbocycles. The van der Waals surface area contributed by atoms with Crippen LogP contribution in [0.4, 0.5) is 10.5 Å². The average molecular weight is 747 g/mol. The van der Waals surface area contributed by atoms with Crippen molar-refractivity contribution in [3.8, 4) is 11.5 Å². The van der Waals surface area contributed by atoms with E-state index in [4.69, 9.17) is 24.2 Å². The van der Waals surface area contributed by atoms with Gasteiger partial charge in [0.1, 0.15) is 23.3 Å². The number of ether oxygens (including phenoxy) is 4. The lowest BCUT2D eigenvalue weighted by Gasteiger charge is -2.26. The summed E-state index contributed by atoms with van der Waals surface area (Å²) in [6, 6.07) is 7.58. The van der Waals surface area contributed by atoms with Crippen molar-refractivity contribution in [1.82, 2.24) is 27.0 Å². The molecule has 0 aliphatic heterocycles. The van der Waals surface area contributed by atoms with Crippen molar-refractivity contribution in [3.63, 3.8) is 0 Å². The molecule has 18 heteroatoms. The average Bonchev–Trinajstić information content (AvgIpc) is 3.06. The van der Waals surface area contributed by atoms with Gasteiger partial charge in [0.15, 0.2) is 11.5 Å². The summed E-state index contributed by atoms with van der Waals surface area (Å²) in [6.07, 6.45) is -1.32.